The molecule has 1 aliphatic rings. The van der Waals surface area contributed by atoms with Crippen LogP contribution in [0.3, 0.4) is 0 Å². The van der Waals surface area contributed by atoms with Crippen molar-refractivity contribution in [3.8, 4) is 0 Å². The Hall–Kier alpha value is -0.220. The van der Waals surface area contributed by atoms with Crippen LogP contribution in [0, 0.1) is 0 Å². The number of hydrogen-bond donors (Lipinski definition) is 1. The Morgan fingerprint density at radius 2 is 2.25 bits per heavy atom. The molecule has 0 aromatic heterocycles. The summed E-state index contributed by atoms with van der Waals surface area (Å²) >= 11 is 0. The van der Waals surface area contributed by atoms with E-state index in [1.807, 2.05) is 0 Å². The van der Waals surface area contributed by atoms with E-state index in [9.17, 15) is 8.78 Å². The van der Waals surface area contributed by atoms with Gasteiger partial charge in [-0.15, -0.1) is 0 Å². The Morgan fingerprint density at radius 3 is 2.67 bits per heavy atom. The molecule has 0 radical (unpaired) electrons. The van der Waals surface area contributed by atoms with Crippen molar-refractivity contribution in [1.29, 1.82) is 0 Å². The lowest BCUT2D eigenvalue weighted by molar-refractivity contribution is -0.0673. The third-order valence-corrected chi connectivity index (χ3v) is 2.49. The van der Waals surface area contributed by atoms with Gasteiger partial charge >= 0.3 is 0 Å². The molecule has 1 atom stereocenters. The number of rotatable bonds is 3. The second-order valence-corrected chi connectivity index (χ2v) is 3.44. The van der Waals surface area contributed by atoms with Crippen molar-refractivity contribution in [2.24, 2.45) is 5.73 Å². The van der Waals surface area contributed by atoms with Gasteiger partial charge in [0.2, 0.25) is 0 Å². The summed E-state index contributed by atoms with van der Waals surface area (Å²) in [6, 6.07) is -0.582. The first-order valence-corrected chi connectivity index (χ1v) is 4.36. The summed E-state index contributed by atoms with van der Waals surface area (Å²) in [5, 5.41) is 0. The molecule has 0 saturated carbocycles. The highest BCUT2D eigenvalue weighted by molar-refractivity contribution is 4.88. The Bertz CT molecular complexity index is 150. The molecule has 1 rings (SSSR count). The minimum atomic E-state index is -2.60. The van der Waals surface area contributed by atoms with Crippen LogP contribution in [-0.4, -0.2) is 37.0 Å². The fraction of sp³-hybridized carbons (Fsp3) is 1.00. The molecule has 12 heavy (non-hydrogen) atoms. The maximum Gasteiger partial charge on any atom is 0.264 e. The van der Waals surface area contributed by atoms with Gasteiger partial charge in [0, 0.05) is 6.42 Å². The lowest BCUT2D eigenvalue weighted by Crippen LogP contribution is -2.43. The molecule has 0 aromatic rings. The van der Waals surface area contributed by atoms with E-state index < -0.39 is 12.0 Å². The second-order valence-electron chi connectivity index (χ2n) is 3.44. The van der Waals surface area contributed by atoms with Crippen molar-refractivity contribution in [3.05, 3.63) is 0 Å². The molecule has 0 spiro atoms. The maximum atomic E-state index is 13.3. The quantitative estimate of drug-likeness (QED) is 0.700. The number of alkyl halides is 2. The fourth-order valence-corrected chi connectivity index (χ4v) is 1.80. The molecule has 72 valence electrons. The molecule has 1 fully saturated rings. The summed E-state index contributed by atoms with van der Waals surface area (Å²) in [6.07, 6.45) is 1.28. The fourth-order valence-electron chi connectivity index (χ4n) is 1.80. The highest BCUT2D eigenvalue weighted by Gasteiger charge is 2.42. The number of halogens is 2. The predicted molar refractivity (Wildman–Crippen MR) is 44.3 cm³/mol. The van der Waals surface area contributed by atoms with Crippen LogP contribution in [0.5, 0.6) is 0 Å². The SMILES string of the molecule is CN1CCCC1C(F)(F)CCN. The van der Waals surface area contributed by atoms with Gasteiger partial charge in [0.1, 0.15) is 0 Å². The van der Waals surface area contributed by atoms with E-state index in [-0.39, 0.29) is 13.0 Å². The first-order valence-electron chi connectivity index (χ1n) is 4.36. The molecule has 1 unspecified atom stereocenters. The first-order chi connectivity index (χ1) is 5.58. The van der Waals surface area contributed by atoms with Crippen molar-refractivity contribution >= 4 is 0 Å². The molecule has 1 aliphatic heterocycles. The largest absolute Gasteiger partial charge is 0.330 e. The van der Waals surface area contributed by atoms with E-state index in [0.717, 1.165) is 13.0 Å². The summed E-state index contributed by atoms with van der Waals surface area (Å²) < 4.78 is 26.5. The smallest absolute Gasteiger partial charge is 0.264 e. The Balaban J connectivity index is 2.54. The molecule has 1 heterocycles. The van der Waals surface area contributed by atoms with E-state index in [1.54, 1.807) is 11.9 Å². The Kier molecular flexibility index (Phi) is 3.01. The molecule has 2 N–H and O–H groups in total. The molecule has 0 aliphatic carbocycles. The van der Waals surface area contributed by atoms with Gasteiger partial charge in [0.15, 0.2) is 0 Å². The van der Waals surface area contributed by atoms with Crippen LogP contribution >= 0.6 is 0 Å². The number of nitrogens with zero attached hydrogens (tertiary/aromatic N) is 1. The van der Waals surface area contributed by atoms with E-state index in [4.69, 9.17) is 5.73 Å². The predicted octanol–water partition coefficient (Wildman–Crippen LogP) is 1.06. The van der Waals surface area contributed by atoms with Crippen LogP contribution in [-0.2, 0) is 0 Å². The summed E-state index contributed by atoms with van der Waals surface area (Å²) in [6.45, 7) is 0.849. The molecule has 4 heteroatoms. The molecule has 0 amide bonds. The van der Waals surface area contributed by atoms with Crippen molar-refractivity contribution < 1.29 is 8.78 Å². The van der Waals surface area contributed by atoms with E-state index in [2.05, 4.69) is 0 Å². The summed E-state index contributed by atoms with van der Waals surface area (Å²) in [5.74, 6) is -2.60. The second kappa shape index (κ2) is 3.66. The molecular weight excluding hydrogens is 162 g/mol. The van der Waals surface area contributed by atoms with Crippen LogP contribution in [0.1, 0.15) is 19.3 Å². The maximum absolute atomic E-state index is 13.3. The van der Waals surface area contributed by atoms with Gasteiger partial charge in [0.05, 0.1) is 6.04 Å². The van der Waals surface area contributed by atoms with Gasteiger partial charge < -0.3 is 5.73 Å². The van der Waals surface area contributed by atoms with Gasteiger partial charge in [-0.2, -0.15) is 0 Å². The van der Waals surface area contributed by atoms with Crippen LogP contribution in [0.15, 0.2) is 0 Å². The highest BCUT2D eigenvalue weighted by atomic mass is 19.3. The standard InChI is InChI=1S/C8H16F2N2/c1-12-6-2-3-7(12)8(9,10)4-5-11/h7H,2-6,11H2,1H3. The van der Waals surface area contributed by atoms with Crippen molar-refractivity contribution in [3.63, 3.8) is 0 Å². The van der Waals surface area contributed by atoms with Crippen LogP contribution in [0.4, 0.5) is 8.78 Å². The van der Waals surface area contributed by atoms with E-state index in [1.165, 1.54) is 0 Å². The lowest BCUT2D eigenvalue weighted by Gasteiger charge is -2.28. The normalized spacial score (nSPS) is 26.5. The van der Waals surface area contributed by atoms with Crippen molar-refractivity contribution in [2.45, 2.75) is 31.2 Å². The third-order valence-electron chi connectivity index (χ3n) is 2.49. The summed E-state index contributed by atoms with van der Waals surface area (Å²) in [4.78, 5) is 1.73. The molecule has 0 bridgehead atoms. The zero-order chi connectivity index (χ0) is 9.19. The van der Waals surface area contributed by atoms with Crippen LogP contribution in [0.25, 0.3) is 0 Å². The van der Waals surface area contributed by atoms with E-state index >= 15 is 0 Å². The van der Waals surface area contributed by atoms with E-state index in [0.29, 0.717) is 6.42 Å². The zero-order valence-electron chi connectivity index (χ0n) is 7.39. The van der Waals surface area contributed by atoms with Gasteiger partial charge in [-0.05, 0) is 33.0 Å². The number of likely N-dealkylation sites (tertiary alicyclic amines) is 1. The van der Waals surface area contributed by atoms with Crippen molar-refractivity contribution in [2.75, 3.05) is 20.1 Å². The molecular formula is C8H16F2N2. The van der Waals surface area contributed by atoms with Gasteiger partial charge in [-0.3, -0.25) is 4.90 Å². The minimum absolute atomic E-state index is 0.0668. The summed E-state index contributed by atoms with van der Waals surface area (Å²) in [5.41, 5.74) is 5.13. The molecule has 1 saturated heterocycles. The van der Waals surface area contributed by atoms with Crippen molar-refractivity contribution in [1.82, 2.24) is 4.90 Å². The Morgan fingerprint density at radius 1 is 1.58 bits per heavy atom. The number of nitrogens with two attached hydrogens (primary N) is 1. The minimum Gasteiger partial charge on any atom is -0.330 e. The molecule has 0 aromatic carbocycles. The topological polar surface area (TPSA) is 29.3 Å². The van der Waals surface area contributed by atoms with Crippen LogP contribution in [0.2, 0.25) is 0 Å². The van der Waals surface area contributed by atoms with Gasteiger partial charge in [0.25, 0.3) is 5.92 Å². The lowest BCUT2D eigenvalue weighted by atomic mass is 10.0. The third kappa shape index (κ3) is 1.93. The zero-order valence-corrected chi connectivity index (χ0v) is 7.39. The average molecular weight is 178 g/mol. The first kappa shape index (κ1) is 9.86. The summed E-state index contributed by atoms with van der Waals surface area (Å²) in [7, 11) is 1.75. The number of hydrogen-bond acceptors (Lipinski definition) is 2. The average Bonchev–Trinajstić information content (AvgIpc) is 2.35. The Labute approximate surface area is 71.7 Å². The highest BCUT2D eigenvalue weighted by Crippen LogP contribution is 2.32. The monoisotopic (exact) mass is 178 g/mol. The van der Waals surface area contributed by atoms with Crippen LogP contribution < -0.4 is 5.73 Å². The molecule has 2 nitrogen and oxygen atoms in total. The van der Waals surface area contributed by atoms with Gasteiger partial charge in [-0.1, -0.05) is 0 Å². The van der Waals surface area contributed by atoms with Gasteiger partial charge in [-0.25, -0.2) is 8.78 Å².